The molecule has 0 saturated carbocycles. The van der Waals surface area contributed by atoms with E-state index in [1.807, 2.05) is 69.5 Å². The third-order valence-electron chi connectivity index (χ3n) is 4.87. The van der Waals surface area contributed by atoms with Crippen LogP contribution in [0.1, 0.15) is 16.7 Å². The van der Waals surface area contributed by atoms with Crippen molar-refractivity contribution in [2.75, 3.05) is 17.3 Å². The van der Waals surface area contributed by atoms with Crippen molar-refractivity contribution < 1.29 is 9.32 Å². The van der Waals surface area contributed by atoms with Crippen LogP contribution >= 0.6 is 11.8 Å². The Kier molecular flexibility index (Phi) is 6.00. The molecule has 0 atom stereocenters. The zero-order valence-corrected chi connectivity index (χ0v) is 19.2. The van der Waals surface area contributed by atoms with Gasteiger partial charge in [-0.3, -0.25) is 4.79 Å². The van der Waals surface area contributed by atoms with Crippen LogP contribution in [0.4, 0.5) is 11.5 Å². The molecule has 0 aliphatic carbocycles. The van der Waals surface area contributed by atoms with Crippen molar-refractivity contribution in [3.63, 3.8) is 0 Å². The maximum atomic E-state index is 12.6. The van der Waals surface area contributed by atoms with Crippen LogP contribution in [0.5, 0.6) is 0 Å². The molecule has 0 fully saturated rings. The Morgan fingerprint density at radius 1 is 1.12 bits per heavy atom. The fraction of sp³-hybridized carbons (Fsp3) is 0.217. The Hall–Kier alpha value is -3.59. The van der Waals surface area contributed by atoms with Crippen molar-refractivity contribution >= 4 is 29.2 Å². The van der Waals surface area contributed by atoms with E-state index in [9.17, 15) is 4.79 Å². The average Bonchev–Trinajstić information content (AvgIpc) is 3.32. The molecule has 2 aromatic carbocycles. The van der Waals surface area contributed by atoms with Crippen LogP contribution in [-0.2, 0) is 11.3 Å². The first-order chi connectivity index (χ1) is 15.3. The zero-order chi connectivity index (χ0) is 22.8. The zero-order valence-electron chi connectivity index (χ0n) is 18.3. The van der Waals surface area contributed by atoms with Crippen LogP contribution in [0.25, 0.3) is 22.8 Å². The summed E-state index contributed by atoms with van der Waals surface area (Å²) < 4.78 is 6.95. The fourth-order valence-corrected chi connectivity index (χ4v) is 4.10. The highest BCUT2D eigenvalue weighted by molar-refractivity contribution is 7.98. The molecule has 0 aliphatic rings. The molecule has 2 aromatic heterocycles. The minimum absolute atomic E-state index is 0.0365. The number of aromatic nitrogens is 4. The molecule has 2 heterocycles. The molecule has 0 aliphatic heterocycles. The van der Waals surface area contributed by atoms with Gasteiger partial charge in [0.1, 0.15) is 23.0 Å². The Morgan fingerprint density at radius 2 is 1.88 bits per heavy atom. The monoisotopic (exact) mass is 448 g/mol. The van der Waals surface area contributed by atoms with Crippen LogP contribution in [0.2, 0.25) is 0 Å². The number of anilines is 2. The molecule has 0 spiro atoms. The normalized spacial score (nSPS) is 11.0. The largest absolute Gasteiger partial charge is 0.383 e. The summed E-state index contributed by atoms with van der Waals surface area (Å²) in [6.45, 7) is 5.94. The molecule has 3 N–H and O–H groups in total. The molecule has 0 radical (unpaired) electrons. The number of carbonyl (C=O) groups is 1. The lowest BCUT2D eigenvalue weighted by Gasteiger charge is -2.08. The maximum absolute atomic E-state index is 12.6. The van der Waals surface area contributed by atoms with Crippen LogP contribution in [0.15, 0.2) is 52.0 Å². The minimum Gasteiger partial charge on any atom is -0.383 e. The van der Waals surface area contributed by atoms with Gasteiger partial charge in [0.25, 0.3) is 5.89 Å². The predicted molar refractivity (Wildman–Crippen MR) is 126 cm³/mol. The second-order valence-corrected chi connectivity index (χ2v) is 8.44. The molecule has 1 amide bonds. The Morgan fingerprint density at radius 3 is 2.56 bits per heavy atom. The number of aryl methyl sites for hydroxylation is 3. The van der Waals surface area contributed by atoms with Gasteiger partial charge >= 0.3 is 0 Å². The summed E-state index contributed by atoms with van der Waals surface area (Å²) in [6, 6.07) is 13.7. The van der Waals surface area contributed by atoms with E-state index >= 15 is 0 Å². The molecule has 32 heavy (non-hydrogen) atoms. The van der Waals surface area contributed by atoms with Crippen molar-refractivity contribution in [2.24, 2.45) is 0 Å². The number of hydrogen-bond donors (Lipinski definition) is 2. The number of rotatable bonds is 6. The number of nitrogens with one attached hydrogen (secondary N) is 1. The van der Waals surface area contributed by atoms with E-state index in [1.165, 1.54) is 16.4 Å². The summed E-state index contributed by atoms with van der Waals surface area (Å²) in [4.78, 5) is 17.2. The number of carbonyl (C=O) groups excluding carboxylic acids is 1. The predicted octanol–water partition coefficient (Wildman–Crippen LogP) is 4.47. The smallest absolute Gasteiger partial charge is 0.264 e. The minimum atomic E-state index is -0.227. The summed E-state index contributed by atoms with van der Waals surface area (Å²) in [5, 5.41) is 12.1. The number of thioether (sulfide) groups is 1. The van der Waals surface area contributed by atoms with E-state index in [2.05, 4.69) is 20.6 Å². The summed E-state index contributed by atoms with van der Waals surface area (Å²) in [5.74, 6) is 0.804. The lowest BCUT2D eigenvalue weighted by Crippen LogP contribution is -2.20. The van der Waals surface area contributed by atoms with Crippen LogP contribution in [-0.4, -0.2) is 32.1 Å². The van der Waals surface area contributed by atoms with Crippen molar-refractivity contribution in [3.8, 4) is 22.8 Å². The maximum Gasteiger partial charge on any atom is 0.264 e. The van der Waals surface area contributed by atoms with E-state index in [0.29, 0.717) is 22.2 Å². The SMILES string of the molecule is CSc1nn(CC(=O)Nc2cc(C)cc(C)c2)c(N)c1-c1nc(-c2cccc(C)c2)no1. The molecular weight excluding hydrogens is 424 g/mol. The third-order valence-corrected chi connectivity index (χ3v) is 5.54. The quantitative estimate of drug-likeness (QED) is 0.419. The fourth-order valence-electron chi connectivity index (χ4n) is 3.53. The highest BCUT2D eigenvalue weighted by Crippen LogP contribution is 2.35. The standard InChI is InChI=1S/C23H24N6O2S/c1-13-6-5-7-16(9-13)21-26-22(31-28-21)19-20(24)29(27-23(19)32-4)12-18(30)25-17-10-14(2)8-15(3)11-17/h5-11H,12,24H2,1-4H3,(H,25,30). The van der Waals surface area contributed by atoms with Crippen molar-refractivity contribution in [1.29, 1.82) is 0 Å². The molecule has 0 unspecified atom stereocenters. The lowest BCUT2D eigenvalue weighted by molar-refractivity contribution is -0.116. The summed E-state index contributed by atoms with van der Waals surface area (Å²) in [6.07, 6.45) is 1.88. The number of nitrogens with two attached hydrogens (primary N) is 1. The number of amides is 1. The van der Waals surface area contributed by atoms with E-state index in [1.54, 1.807) is 0 Å². The topological polar surface area (TPSA) is 112 Å². The van der Waals surface area contributed by atoms with Gasteiger partial charge in [0, 0.05) is 11.3 Å². The van der Waals surface area contributed by atoms with Crippen molar-refractivity contribution in [3.05, 3.63) is 59.2 Å². The molecule has 8 nitrogen and oxygen atoms in total. The van der Waals surface area contributed by atoms with E-state index in [0.717, 1.165) is 27.9 Å². The summed E-state index contributed by atoms with van der Waals surface area (Å²) in [7, 11) is 0. The van der Waals surface area contributed by atoms with Gasteiger partial charge in [0.2, 0.25) is 11.7 Å². The summed E-state index contributed by atoms with van der Waals surface area (Å²) in [5.41, 5.74) is 11.7. The first-order valence-corrected chi connectivity index (χ1v) is 11.3. The molecule has 164 valence electrons. The van der Waals surface area contributed by atoms with Crippen molar-refractivity contribution in [2.45, 2.75) is 32.3 Å². The van der Waals surface area contributed by atoms with Gasteiger partial charge in [-0.25, -0.2) is 4.68 Å². The first kappa shape index (κ1) is 21.6. The number of benzene rings is 2. The van der Waals surface area contributed by atoms with Gasteiger partial charge in [-0.05, 0) is 56.4 Å². The molecule has 9 heteroatoms. The summed E-state index contributed by atoms with van der Waals surface area (Å²) >= 11 is 1.40. The number of nitrogen functional groups attached to an aromatic ring is 1. The van der Waals surface area contributed by atoms with Gasteiger partial charge in [0.15, 0.2) is 0 Å². The van der Waals surface area contributed by atoms with Crippen LogP contribution < -0.4 is 11.1 Å². The van der Waals surface area contributed by atoms with Crippen LogP contribution in [0, 0.1) is 20.8 Å². The first-order valence-electron chi connectivity index (χ1n) is 10.0. The van der Waals surface area contributed by atoms with E-state index in [-0.39, 0.29) is 18.3 Å². The second kappa shape index (κ2) is 8.88. The van der Waals surface area contributed by atoms with Gasteiger partial charge in [0.05, 0.1) is 0 Å². The average molecular weight is 449 g/mol. The molecule has 0 saturated heterocycles. The van der Waals surface area contributed by atoms with Gasteiger partial charge in [-0.1, -0.05) is 35.0 Å². The van der Waals surface area contributed by atoms with E-state index in [4.69, 9.17) is 10.3 Å². The van der Waals surface area contributed by atoms with Gasteiger partial charge in [-0.2, -0.15) is 10.1 Å². The third kappa shape index (κ3) is 4.52. The highest BCUT2D eigenvalue weighted by atomic mass is 32.2. The van der Waals surface area contributed by atoms with Crippen LogP contribution in [0.3, 0.4) is 0 Å². The Bertz CT molecular complexity index is 1270. The van der Waals surface area contributed by atoms with E-state index < -0.39 is 0 Å². The molecule has 4 rings (SSSR count). The van der Waals surface area contributed by atoms with Crippen molar-refractivity contribution in [1.82, 2.24) is 19.9 Å². The molecule has 0 bridgehead atoms. The Balaban J connectivity index is 1.59. The Labute approximate surface area is 190 Å². The molecule has 4 aromatic rings. The molecular formula is C23H24N6O2S. The highest BCUT2D eigenvalue weighted by Gasteiger charge is 2.24. The van der Waals surface area contributed by atoms with Gasteiger partial charge in [-0.15, -0.1) is 11.8 Å². The lowest BCUT2D eigenvalue weighted by atomic mass is 10.1. The van der Waals surface area contributed by atoms with Gasteiger partial charge < -0.3 is 15.6 Å². The number of nitrogens with zero attached hydrogens (tertiary/aromatic N) is 4. The second-order valence-electron chi connectivity index (χ2n) is 7.64. The number of hydrogen-bond acceptors (Lipinski definition) is 7.